The van der Waals surface area contributed by atoms with Gasteiger partial charge in [-0.2, -0.15) is 5.10 Å². The van der Waals surface area contributed by atoms with Gasteiger partial charge in [0.2, 0.25) is 5.91 Å². The molecule has 1 amide bonds. The van der Waals surface area contributed by atoms with Crippen molar-refractivity contribution >= 4 is 18.3 Å². The zero-order chi connectivity index (χ0) is 12.4. The van der Waals surface area contributed by atoms with Crippen LogP contribution in [0.5, 0.6) is 0 Å². The van der Waals surface area contributed by atoms with Crippen LogP contribution in [0, 0.1) is 12.8 Å². The number of aromatic nitrogens is 2. The minimum atomic E-state index is 0. The van der Waals surface area contributed by atoms with Gasteiger partial charge in [0.1, 0.15) is 0 Å². The maximum absolute atomic E-state index is 12.1. The summed E-state index contributed by atoms with van der Waals surface area (Å²) in [5, 5.41) is 6.95. The second-order valence-electron chi connectivity index (χ2n) is 4.95. The summed E-state index contributed by atoms with van der Waals surface area (Å²) in [4.78, 5) is 14.1. The number of nitrogens with one attached hydrogen (secondary N) is 1. The van der Waals surface area contributed by atoms with Crippen LogP contribution in [0.25, 0.3) is 0 Å². The molecular weight excluding hydrogens is 252 g/mol. The predicted octanol–water partition coefficient (Wildman–Crippen LogP) is 0.878. The van der Waals surface area contributed by atoms with Crippen molar-refractivity contribution in [3.8, 4) is 0 Å². The molecule has 0 aromatic carbocycles. The van der Waals surface area contributed by atoms with Gasteiger partial charge in [0.05, 0.1) is 12.1 Å². The Balaban J connectivity index is 0.00000162. The fourth-order valence-corrected chi connectivity index (χ4v) is 2.48. The first-order valence-corrected chi connectivity index (χ1v) is 6.10. The third-order valence-electron chi connectivity index (χ3n) is 3.41. The van der Waals surface area contributed by atoms with Gasteiger partial charge < -0.3 is 10.6 Å². The van der Waals surface area contributed by atoms with E-state index in [0.29, 0.717) is 24.9 Å². The van der Waals surface area contributed by atoms with Crippen LogP contribution in [0.2, 0.25) is 0 Å². The van der Waals surface area contributed by atoms with Crippen molar-refractivity contribution in [1.82, 2.24) is 15.1 Å². The summed E-state index contributed by atoms with van der Waals surface area (Å²) in [5.41, 5.74) is 7.46. The molecule has 0 saturated carbocycles. The van der Waals surface area contributed by atoms with Gasteiger partial charge in [-0.1, -0.05) is 0 Å². The number of hydrogen-bond acceptors (Lipinski definition) is 3. The van der Waals surface area contributed by atoms with Crippen LogP contribution in [0.15, 0.2) is 6.07 Å². The van der Waals surface area contributed by atoms with Gasteiger partial charge in [-0.25, -0.2) is 0 Å². The van der Waals surface area contributed by atoms with Crippen molar-refractivity contribution in [2.75, 3.05) is 13.1 Å². The molecule has 2 rings (SSSR count). The van der Waals surface area contributed by atoms with Crippen molar-refractivity contribution < 1.29 is 4.79 Å². The van der Waals surface area contributed by atoms with Crippen molar-refractivity contribution in [2.24, 2.45) is 11.7 Å². The zero-order valence-corrected chi connectivity index (χ0v) is 11.7. The molecule has 3 N–H and O–H groups in total. The summed E-state index contributed by atoms with van der Waals surface area (Å²) < 4.78 is 0. The number of rotatable bonds is 3. The Bertz CT molecular complexity index is 407. The Morgan fingerprint density at radius 2 is 2.39 bits per heavy atom. The molecule has 0 radical (unpaired) electrons. The predicted molar refractivity (Wildman–Crippen MR) is 72.6 cm³/mol. The van der Waals surface area contributed by atoms with Crippen LogP contribution in [-0.4, -0.2) is 40.1 Å². The summed E-state index contributed by atoms with van der Waals surface area (Å²) in [5.74, 6) is 0.606. The highest BCUT2D eigenvalue weighted by Crippen LogP contribution is 2.22. The first-order chi connectivity index (χ1) is 8.10. The van der Waals surface area contributed by atoms with E-state index in [-0.39, 0.29) is 18.3 Å². The van der Waals surface area contributed by atoms with Crippen LogP contribution >= 0.6 is 12.4 Å². The van der Waals surface area contributed by atoms with Crippen LogP contribution < -0.4 is 5.73 Å². The molecule has 18 heavy (non-hydrogen) atoms. The van der Waals surface area contributed by atoms with E-state index in [1.165, 1.54) is 0 Å². The number of H-pyrrole nitrogens is 1. The molecule has 5 nitrogen and oxygen atoms in total. The van der Waals surface area contributed by atoms with E-state index in [1.807, 2.05) is 17.9 Å². The number of amides is 1. The second kappa shape index (κ2) is 6.20. The number of nitrogens with zero attached hydrogens (tertiary/aromatic N) is 2. The highest BCUT2D eigenvalue weighted by Gasteiger charge is 2.31. The molecule has 0 spiro atoms. The first kappa shape index (κ1) is 15.0. The lowest BCUT2D eigenvalue weighted by Gasteiger charge is -2.21. The molecule has 2 heterocycles. The largest absolute Gasteiger partial charge is 0.339 e. The second-order valence-corrected chi connectivity index (χ2v) is 4.95. The zero-order valence-electron chi connectivity index (χ0n) is 10.8. The van der Waals surface area contributed by atoms with E-state index in [4.69, 9.17) is 5.73 Å². The summed E-state index contributed by atoms with van der Waals surface area (Å²) >= 11 is 0. The number of aryl methyl sites for hydroxylation is 1. The summed E-state index contributed by atoms with van der Waals surface area (Å²) in [7, 11) is 0. The number of hydrogen-bond donors (Lipinski definition) is 2. The highest BCUT2D eigenvalue weighted by atomic mass is 35.5. The fraction of sp³-hybridized carbons (Fsp3) is 0.667. The molecule has 0 bridgehead atoms. The van der Waals surface area contributed by atoms with Crippen molar-refractivity contribution in [2.45, 2.75) is 32.7 Å². The number of carbonyl (C=O) groups is 1. The van der Waals surface area contributed by atoms with E-state index in [1.54, 1.807) is 0 Å². The van der Waals surface area contributed by atoms with Crippen molar-refractivity contribution in [3.05, 3.63) is 17.5 Å². The van der Waals surface area contributed by atoms with Gasteiger partial charge in [0, 0.05) is 18.3 Å². The van der Waals surface area contributed by atoms with Gasteiger partial charge in [-0.15, -0.1) is 12.4 Å². The van der Waals surface area contributed by atoms with Crippen LogP contribution in [0.4, 0.5) is 0 Å². The SMILES string of the molecule is Cc1cc(CC(=O)N2CC(CN)CC2C)n[nH]1.Cl. The Morgan fingerprint density at radius 1 is 1.67 bits per heavy atom. The van der Waals surface area contributed by atoms with Gasteiger partial charge in [-0.05, 0) is 38.8 Å². The monoisotopic (exact) mass is 272 g/mol. The van der Waals surface area contributed by atoms with Crippen molar-refractivity contribution in [1.29, 1.82) is 0 Å². The average Bonchev–Trinajstić information content (AvgIpc) is 2.85. The smallest absolute Gasteiger partial charge is 0.228 e. The van der Waals surface area contributed by atoms with E-state index in [9.17, 15) is 4.79 Å². The molecule has 2 atom stereocenters. The van der Waals surface area contributed by atoms with Crippen molar-refractivity contribution in [3.63, 3.8) is 0 Å². The summed E-state index contributed by atoms with van der Waals surface area (Å²) in [6.45, 7) is 5.48. The van der Waals surface area contributed by atoms with E-state index < -0.39 is 0 Å². The van der Waals surface area contributed by atoms with Crippen LogP contribution in [0.3, 0.4) is 0 Å². The standard InChI is InChI=1S/C12H20N4O.ClH/c1-8-3-11(15-14-8)5-12(17)16-7-10(6-13)4-9(16)2;/h3,9-10H,4-7,13H2,1-2H3,(H,14,15);1H. The average molecular weight is 273 g/mol. The van der Waals surface area contributed by atoms with Crippen LogP contribution in [-0.2, 0) is 11.2 Å². The molecule has 1 aliphatic rings. The number of nitrogens with two attached hydrogens (primary N) is 1. The number of likely N-dealkylation sites (tertiary alicyclic amines) is 1. The van der Waals surface area contributed by atoms with Crippen LogP contribution in [0.1, 0.15) is 24.7 Å². The fourth-order valence-electron chi connectivity index (χ4n) is 2.48. The van der Waals surface area contributed by atoms with E-state index >= 15 is 0 Å². The number of halogens is 1. The van der Waals surface area contributed by atoms with E-state index in [2.05, 4.69) is 17.1 Å². The molecule has 2 unspecified atom stereocenters. The van der Waals surface area contributed by atoms with Gasteiger partial charge in [-0.3, -0.25) is 9.89 Å². The van der Waals surface area contributed by atoms with Gasteiger partial charge in [0.15, 0.2) is 0 Å². The number of aromatic amines is 1. The molecule has 1 fully saturated rings. The molecule has 1 aromatic heterocycles. The topological polar surface area (TPSA) is 75.0 Å². The molecule has 0 aliphatic carbocycles. The Labute approximate surface area is 114 Å². The lowest BCUT2D eigenvalue weighted by molar-refractivity contribution is -0.131. The summed E-state index contributed by atoms with van der Waals surface area (Å²) in [6.07, 6.45) is 1.40. The third-order valence-corrected chi connectivity index (χ3v) is 3.41. The van der Waals surface area contributed by atoms with Gasteiger partial charge >= 0.3 is 0 Å². The lowest BCUT2D eigenvalue weighted by atomic mass is 10.1. The minimum Gasteiger partial charge on any atom is -0.339 e. The molecule has 1 aliphatic heterocycles. The molecule has 102 valence electrons. The van der Waals surface area contributed by atoms with Gasteiger partial charge in [0.25, 0.3) is 0 Å². The highest BCUT2D eigenvalue weighted by molar-refractivity contribution is 5.85. The normalized spacial score (nSPS) is 22.9. The lowest BCUT2D eigenvalue weighted by Crippen LogP contribution is -2.35. The molecule has 1 saturated heterocycles. The molecular formula is C12H21ClN4O. The third kappa shape index (κ3) is 3.23. The number of carbonyl (C=O) groups excluding carboxylic acids is 1. The van der Waals surface area contributed by atoms with E-state index in [0.717, 1.165) is 24.4 Å². The summed E-state index contributed by atoms with van der Waals surface area (Å²) in [6, 6.07) is 2.22. The Kier molecular flexibility index (Phi) is 5.16. The first-order valence-electron chi connectivity index (χ1n) is 6.10. The Morgan fingerprint density at radius 3 is 2.89 bits per heavy atom. The maximum Gasteiger partial charge on any atom is 0.228 e. The quantitative estimate of drug-likeness (QED) is 0.858. The maximum atomic E-state index is 12.1. The molecule has 6 heteroatoms. The molecule has 1 aromatic rings. The minimum absolute atomic E-state index is 0. The Hall–Kier alpha value is -1.07.